The summed E-state index contributed by atoms with van der Waals surface area (Å²) in [6.07, 6.45) is 0.777. The summed E-state index contributed by atoms with van der Waals surface area (Å²) >= 11 is 0. The average Bonchev–Trinajstić information content (AvgIpc) is 2.59. The number of likely N-dealkylation sites (N-methyl/N-ethyl adjacent to an activating group) is 1. The van der Waals surface area contributed by atoms with E-state index in [2.05, 4.69) is 0 Å². The Hall–Kier alpha value is -2.15. The lowest BCUT2D eigenvalue weighted by atomic mass is 10.0. The van der Waals surface area contributed by atoms with Gasteiger partial charge in [-0.1, -0.05) is 13.0 Å². The zero-order valence-electron chi connectivity index (χ0n) is 14.7. The molecule has 6 nitrogen and oxygen atoms in total. The monoisotopic (exact) mass is 352 g/mol. The van der Waals surface area contributed by atoms with Gasteiger partial charge in [-0.05, 0) is 38.4 Å². The predicted octanol–water partition coefficient (Wildman–Crippen LogP) is 1.99. The fourth-order valence-corrected chi connectivity index (χ4v) is 3.18. The van der Waals surface area contributed by atoms with Crippen LogP contribution in [0.25, 0.3) is 0 Å². The Morgan fingerprint density at radius 3 is 2.64 bits per heavy atom. The SMILES string of the molecule is CCN(CC(=O)O)C1CCN(C(=O)C(C)Oc2cccc(F)c2)CC1. The number of halogens is 1. The average molecular weight is 352 g/mol. The van der Waals surface area contributed by atoms with E-state index < -0.39 is 17.9 Å². The van der Waals surface area contributed by atoms with Gasteiger partial charge in [-0.25, -0.2) is 4.39 Å². The second-order valence-corrected chi connectivity index (χ2v) is 6.23. The number of amides is 1. The molecule has 7 heteroatoms. The third-order valence-corrected chi connectivity index (χ3v) is 4.49. The van der Waals surface area contributed by atoms with Crippen molar-refractivity contribution in [2.45, 2.75) is 38.8 Å². The maximum atomic E-state index is 13.2. The molecule has 1 unspecified atom stereocenters. The van der Waals surface area contributed by atoms with E-state index in [0.717, 1.165) is 12.8 Å². The molecule has 1 heterocycles. The van der Waals surface area contributed by atoms with Gasteiger partial charge in [-0.2, -0.15) is 0 Å². The molecule has 0 saturated carbocycles. The molecule has 1 aromatic rings. The number of benzene rings is 1. The summed E-state index contributed by atoms with van der Waals surface area (Å²) in [6, 6.07) is 5.89. The molecule has 25 heavy (non-hydrogen) atoms. The maximum Gasteiger partial charge on any atom is 0.317 e. The largest absolute Gasteiger partial charge is 0.481 e. The molecule has 0 bridgehead atoms. The van der Waals surface area contributed by atoms with Crippen molar-refractivity contribution in [1.29, 1.82) is 0 Å². The van der Waals surface area contributed by atoms with Gasteiger partial charge in [-0.15, -0.1) is 0 Å². The topological polar surface area (TPSA) is 70.1 Å². The van der Waals surface area contributed by atoms with Gasteiger partial charge in [0.25, 0.3) is 5.91 Å². The number of aliphatic carboxylic acids is 1. The second kappa shape index (κ2) is 8.80. The van der Waals surface area contributed by atoms with Crippen molar-refractivity contribution in [2.75, 3.05) is 26.2 Å². The molecule has 1 aliphatic heterocycles. The summed E-state index contributed by atoms with van der Waals surface area (Å²) in [6.45, 7) is 5.42. The highest BCUT2D eigenvalue weighted by atomic mass is 19.1. The third-order valence-electron chi connectivity index (χ3n) is 4.49. The van der Waals surface area contributed by atoms with Gasteiger partial charge in [0.15, 0.2) is 6.10 Å². The molecule has 0 radical (unpaired) electrons. The lowest BCUT2D eigenvalue weighted by molar-refractivity contribution is -0.142. The van der Waals surface area contributed by atoms with Gasteiger partial charge in [-0.3, -0.25) is 14.5 Å². The van der Waals surface area contributed by atoms with Gasteiger partial charge in [0.2, 0.25) is 0 Å². The van der Waals surface area contributed by atoms with E-state index in [0.29, 0.717) is 25.4 Å². The van der Waals surface area contributed by atoms with Crippen LogP contribution < -0.4 is 4.74 Å². The van der Waals surface area contributed by atoms with E-state index in [1.807, 2.05) is 11.8 Å². The lowest BCUT2D eigenvalue weighted by Gasteiger charge is -2.38. The number of hydrogen-bond donors (Lipinski definition) is 1. The zero-order chi connectivity index (χ0) is 18.4. The summed E-state index contributed by atoms with van der Waals surface area (Å²) in [5.74, 6) is -1.05. The standard InChI is InChI=1S/C18H25FN2O4/c1-3-20(12-17(22)23)15-7-9-21(10-8-15)18(24)13(2)25-16-6-4-5-14(19)11-16/h4-6,11,13,15H,3,7-10,12H2,1-2H3,(H,22,23). The summed E-state index contributed by atoms with van der Waals surface area (Å²) in [7, 11) is 0. The minimum absolute atomic E-state index is 0.0220. The first-order valence-corrected chi connectivity index (χ1v) is 8.57. The number of carbonyl (C=O) groups is 2. The molecule has 0 spiro atoms. The number of hydrogen-bond acceptors (Lipinski definition) is 4. The summed E-state index contributed by atoms with van der Waals surface area (Å²) < 4.78 is 18.7. The van der Waals surface area contributed by atoms with Gasteiger partial charge in [0, 0.05) is 25.2 Å². The van der Waals surface area contributed by atoms with Crippen LogP contribution >= 0.6 is 0 Å². The van der Waals surface area contributed by atoms with Crippen LogP contribution in [0.3, 0.4) is 0 Å². The van der Waals surface area contributed by atoms with Crippen molar-refractivity contribution >= 4 is 11.9 Å². The Morgan fingerprint density at radius 2 is 2.08 bits per heavy atom. The molecule has 138 valence electrons. The van der Waals surface area contributed by atoms with Crippen LogP contribution in [0.1, 0.15) is 26.7 Å². The highest BCUT2D eigenvalue weighted by molar-refractivity contribution is 5.81. The molecule has 1 aromatic carbocycles. The molecule has 0 aliphatic carbocycles. The van der Waals surface area contributed by atoms with Crippen LogP contribution in [0.4, 0.5) is 4.39 Å². The minimum atomic E-state index is -0.836. The van der Waals surface area contributed by atoms with Gasteiger partial charge in [0.05, 0.1) is 6.54 Å². The third kappa shape index (κ3) is 5.42. The van der Waals surface area contributed by atoms with E-state index in [-0.39, 0.29) is 18.5 Å². The fourth-order valence-electron chi connectivity index (χ4n) is 3.18. The highest BCUT2D eigenvalue weighted by Crippen LogP contribution is 2.19. The zero-order valence-corrected chi connectivity index (χ0v) is 14.7. The Labute approximate surface area is 147 Å². The first kappa shape index (κ1) is 19.2. The maximum absolute atomic E-state index is 13.2. The van der Waals surface area contributed by atoms with Crippen molar-refractivity contribution in [2.24, 2.45) is 0 Å². The van der Waals surface area contributed by atoms with Gasteiger partial charge in [0.1, 0.15) is 11.6 Å². The van der Waals surface area contributed by atoms with Crippen LogP contribution in [0.15, 0.2) is 24.3 Å². The van der Waals surface area contributed by atoms with Crippen LogP contribution in [0.5, 0.6) is 5.75 Å². The Bertz CT molecular complexity index is 602. The highest BCUT2D eigenvalue weighted by Gasteiger charge is 2.29. The van der Waals surface area contributed by atoms with Crippen LogP contribution in [-0.2, 0) is 9.59 Å². The number of carboxylic acids is 1. The van der Waals surface area contributed by atoms with Crippen LogP contribution in [0, 0.1) is 5.82 Å². The Balaban J connectivity index is 1.86. The van der Waals surface area contributed by atoms with E-state index >= 15 is 0 Å². The second-order valence-electron chi connectivity index (χ2n) is 6.23. The first-order valence-electron chi connectivity index (χ1n) is 8.57. The Kier molecular flexibility index (Phi) is 6.75. The van der Waals surface area contributed by atoms with E-state index in [1.165, 1.54) is 18.2 Å². The number of carboxylic acid groups (broad SMARTS) is 1. The molecule has 1 aliphatic rings. The molecule has 1 amide bonds. The Morgan fingerprint density at radius 1 is 1.40 bits per heavy atom. The molecule has 1 fully saturated rings. The van der Waals surface area contributed by atoms with Crippen LogP contribution in [0.2, 0.25) is 0 Å². The van der Waals surface area contributed by atoms with Gasteiger partial charge >= 0.3 is 5.97 Å². The fraction of sp³-hybridized carbons (Fsp3) is 0.556. The smallest absolute Gasteiger partial charge is 0.317 e. The molecular weight excluding hydrogens is 327 g/mol. The number of carbonyl (C=O) groups excluding carboxylic acids is 1. The molecular formula is C18H25FN2O4. The number of likely N-dealkylation sites (tertiary alicyclic amines) is 1. The van der Waals surface area contributed by atoms with Crippen molar-refractivity contribution in [3.8, 4) is 5.75 Å². The number of ether oxygens (including phenoxy) is 1. The molecule has 1 atom stereocenters. The van der Waals surface area contributed by atoms with E-state index in [1.54, 1.807) is 17.9 Å². The molecule has 2 rings (SSSR count). The van der Waals surface area contributed by atoms with Gasteiger partial charge < -0.3 is 14.7 Å². The van der Waals surface area contributed by atoms with E-state index in [9.17, 15) is 14.0 Å². The molecule has 1 saturated heterocycles. The van der Waals surface area contributed by atoms with Crippen LogP contribution in [-0.4, -0.2) is 65.1 Å². The van der Waals surface area contributed by atoms with E-state index in [4.69, 9.17) is 9.84 Å². The normalized spacial score (nSPS) is 16.7. The number of rotatable bonds is 7. The lowest BCUT2D eigenvalue weighted by Crippen LogP contribution is -2.50. The quantitative estimate of drug-likeness (QED) is 0.813. The van der Waals surface area contributed by atoms with Crippen molar-refractivity contribution in [1.82, 2.24) is 9.80 Å². The number of nitrogens with zero attached hydrogens (tertiary/aromatic N) is 2. The number of piperidine rings is 1. The van der Waals surface area contributed by atoms with Crippen molar-refractivity contribution in [3.05, 3.63) is 30.1 Å². The molecule has 1 N–H and O–H groups in total. The minimum Gasteiger partial charge on any atom is -0.481 e. The van der Waals surface area contributed by atoms with Crippen molar-refractivity contribution in [3.63, 3.8) is 0 Å². The molecule has 0 aromatic heterocycles. The first-order chi connectivity index (χ1) is 11.9. The van der Waals surface area contributed by atoms with Crippen molar-refractivity contribution < 1.29 is 23.8 Å². The summed E-state index contributed by atoms with van der Waals surface area (Å²) in [4.78, 5) is 27.1. The predicted molar refractivity (Wildman–Crippen MR) is 91.0 cm³/mol. The summed E-state index contributed by atoms with van der Waals surface area (Å²) in [5.41, 5.74) is 0. The summed E-state index contributed by atoms with van der Waals surface area (Å²) in [5, 5.41) is 8.97.